The summed E-state index contributed by atoms with van der Waals surface area (Å²) in [5.74, 6) is 0.411. The van der Waals surface area contributed by atoms with Crippen molar-refractivity contribution in [2.24, 2.45) is 0 Å². The first-order chi connectivity index (χ1) is 12.0. The summed E-state index contributed by atoms with van der Waals surface area (Å²) in [6.45, 7) is 3.18. The number of fused-ring (bicyclic) bond motifs is 2. The first-order valence-corrected chi connectivity index (χ1v) is 8.12. The van der Waals surface area contributed by atoms with E-state index in [0.717, 1.165) is 33.1 Å². The number of alkyl halides is 1. The van der Waals surface area contributed by atoms with Crippen LogP contribution >= 0.6 is 0 Å². The molecule has 126 valence electrons. The predicted molar refractivity (Wildman–Crippen MR) is 98.3 cm³/mol. The summed E-state index contributed by atoms with van der Waals surface area (Å²) in [6, 6.07) is 10.1. The van der Waals surface area contributed by atoms with Crippen LogP contribution in [0.5, 0.6) is 0 Å². The van der Waals surface area contributed by atoms with Gasteiger partial charge < -0.3 is 10.3 Å². The number of rotatable bonds is 4. The Morgan fingerprint density at radius 2 is 2.08 bits per heavy atom. The van der Waals surface area contributed by atoms with Crippen LogP contribution < -0.4 is 5.32 Å². The lowest BCUT2D eigenvalue weighted by Crippen LogP contribution is -2.25. The molecule has 1 aromatic carbocycles. The number of nitrogens with one attached hydrogen (secondary N) is 2. The summed E-state index contributed by atoms with van der Waals surface area (Å²) in [7, 11) is 0. The van der Waals surface area contributed by atoms with Gasteiger partial charge in [0.1, 0.15) is 11.3 Å². The van der Waals surface area contributed by atoms with Crippen molar-refractivity contribution in [1.82, 2.24) is 19.9 Å². The van der Waals surface area contributed by atoms with Crippen LogP contribution in [-0.4, -0.2) is 32.1 Å². The molecule has 0 saturated carbocycles. The van der Waals surface area contributed by atoms with Crippen molar-refractivity contribution < 1.29 is 4.39 Å². The minimum absolute atomic E-state index is 0.156. The molecule has 5 nitrogen and oxygen atoms in total. The van der Waals surface area contributed by atoms with Crippen molar-refractivity contribution in [3.63, 3.8) is 0 Å². The highest BCUT2D eigenvalue weighted by Gasteiger charge is 2.16. The number of hydrogen-bond donors (Lipinski definition) is 2. The summed E-state index contributed by atoms with van der Waals surface area (Å²) >= 11 is 0. The van der Waals surface area contributed by atoms with E-state index in [0.29, 0.717) is 5.95 Å². The van der Waals surface area contributed by atoms with E-state index in [1.807, 2.05) is 30.5 Å². The van der Waals surface area contributed by atoms with Gasteiger partial charge in [-0.2, -0.15) is 4.98 Å². The van der Waals surface area contributed by atoms with Gasteiger partial charge in [0, 0.05) is 34.9 Å². The highest BCUT2D eigenvalue weighted by Crippen LogP contribution is 2.29. The van der Waals surface area contributed by atoms with Gasteiger partial charge in [-0.05, 0) is 37.6 Å². The molecule has 6 heteroatoms. The number of halogens is 1. The summed E-state index contributed by atoms with van der Waals surface area (Å²) < 4.78 is 13.6. The van der Waals surface area contributed by atoms with Crippen LogP contribution in [0.4, 0.5) is 10.3 Å². The molecule has 2 N–H and O–H groups in total. The van der Waals surface area contributed by atoms with Crippen LogP contribution in [0.15, 0.2) is 48.9 Å². The van der Waals surface area contributed by atoms with Crippen LogP contribution in [0.2, 0.25) is 0 Å². The molecule has 0 unspecified atom stereocenters. The van der Waals surface area contributed by atoms with Crippen LogP contribution in [0.25, 0.3) is 33.1 Å². The topological polar surface area (TPSA) is 66.5 Å². The average molecular weight is 335 g/mol. The number of pyridine rings is 1. The Morgan fingerprint density at radius 3 is 2.92 bits per heavy atom. The fourth-order valence-electron chi connectivity index (χ4n) is 2.76. The van der Waals surface area contributed by atoms with Gasteiger partial charge in [-0.25, -0.2) is 9.37 Å². The second-order valence-electron chi connectivity index (χ2n) is 6.64. The molecule has 3 aromatic heterocycles. The van der Waals surface area contributed by atoms with Crippen LogP contribution in [0.3, 0.4) is 0 Å². The van der Waals surface area contributed by atoms with Gasteiger partial charge in [-0.1, -0.05) is 12.1 Å². The average Bonchev–Trinajstić information content (AvgIpc) is 3.02. The molecule has 0 aliphatic carbocycles. The normalized spacial score (nSPS) is 12.0. The Hall–Kier alpha value is -3.02. The van der Waals surface area contributed by atoms with Crippen molar-refractivity contribution in [3.05, 3.63) is 48.9 Å². The highest BCUT2D eigenvalue weighted by atomic mass is 19.1. The lowest BCUT2D eigenvalue weighted by molar-refractivity contribution is 0.234. The third-order valence-corrected chi connectivity index (χ3v) is 4.01. The van der Waals surface area contributed by atoms with Crippen molar-refractivity contribution >= 4 is 27.9 Å². The van der Waals surface area contributed by atoms with Crippen molar-refractivity contribution in [2.75, 3.05) is 11.9 Å². The molecule has 0 spiro atoms. The first-order valence-electron chi connectivity index (χ1n) is 8.12. The van der Waals surface area contributed by atoms with E-state index in [1.54, 1.807) is 12.4 Å². The van der Waals surface area contributed by atoms with Gasteiger partial charge in [0.05, 0.1) is 12.1 Å². The maximum atomic E-state index is 13.6. The van der Waals surface area contributed by atoms with E-state index in [1.165, 1.54) is 13.8 Å². The van der Waals surface area contributed by atoms with Crippen molar-refractivity contribution in [1.29, 1.82) is 0 Å². The molecule has 3 heterocycles. The monoisotopic (exact) mass is 335 g/mol. The maximum absolute atomic E-state index is 13.6. The van der Waals surface area contributed by atoms with Gasteiger partial charge in [-0.15, -0.1) is 0 Å². The molecule has 4 aromatic rings. The van der Waals surface area contributed by atoms with Crippen molar-refractivity contribution in [3.8, 4) is 11.1 Å². The Balaban J connectivity index is 1.70. The van der Waals surface area contributed by atoms with E-state index in [-0.39, 0.29) is 6.54 Å². The zero-order valence-electron chi connectivity index (χ0n) is 14.0. The smallest absolute Gasteiger partial charge is 0.224 e. The van der Waals surface area contributed by atoms with Crippen LogP contribution in [0, 0.1) is 0 Å². The fourth-order valence-corrected chi connectivity index (χ4v) is 2.76. The molecular formula is C19H18FN5. The van der Waals surface area contributed by atoms with E-state index in [2.05, 4.69) is 31.3 Å². The molecule has 25 heavy (non-hydrogen) atoms. The minimum atomic E-state index is -1.32. The molecule has 0 bridgehead atoms. The zero-order valence-corrected chi connectivity index (χ0v) is 14.0. The number of H-pyrrole nitrogens is 1. The maximum Gasteiger partial charge on any atom is 0.224 e. The molecule has 4 rings (SSSR count). The Labute approximate surface area is 144 Å². The minimum Gasteiger partial charge on any atom is -0.351 e. The van der Waals surface area contributed by atoms with Gasteiger partial charge in [-0.3, -0.25) is 4.98 Å². The highest BCUT2D eigenvalue weighted by molar-refractivity contribution is 5.96. The summed E-state index contributed by atoms with van der Waals surface area (Å²) in [5, 5.41) is 4.93. The molecule has 0 amide bonds. The standard InChI is InChI=1S/C19H18FN5/c1-19(2,20)11-24-18-23-10-15-14(9-22-17(15)25-18)12-5-6-16-13(8-12)4-3-7-21-16/h3-10H,11H2,1-2H3,(H2,22,23,24,25). The first kappa shape index (κ1) is 15.5. The molecule has 0 aliphatic rings. The number of benzene rings is 1. The number of anilines is 1. The Bertz CT molecular complexity index is 1050. The summed E-state index contributed by atoms with van der Waals surface area (Å²) in [4.78, 5) is 16.3. The Kier molecular flexibility index (Phi) is 3.60. The zero-order chi connectivity index (χ0) is 17.4. The molecule has 0 fully saturated rings. The number of aromatic amines is 1. The van der Waals surface area contributed by atoms with Crippen LogP contribution in [0.1, 0.15) is 13.8 Å². The van der Waals surface area contributed by atoms with E-state index in [4.69, 9.17) is 0 Å². The third-order valence-electron chi connectivity index (χ3n) is 4.01. The second-order valence-corrected chi connectivity index (χ2v) is 6.64. The molecule has 0 radical (unpaired) electrons. The Morgan fingerprint density at radius 1 is 1.20 bits per heavy atom. The van der Waals surface area contributed by atoms with E-state index < -0.39 is 5.67 Å². The van der Waals surface area contributed by atoms with Gasteiger partial charge in [0.15, 0.2) is 0 Å². The van der Waals surface area contributed by atoms with E-state index >= 15 is 0 Å². The lowest BCUT2D eigenvalue weighted by Gasteiger charge is -2.14. The quantitative estimate of drug-likeness (QED) is 0.582. The van der Waals surface area contributed by atoms with Crippen molar-refractivity contribution in [2.45, 2.75) is 19.5 Å². The molecule has 0 saturated heterocycles. The van der Waals surface area contributed by atoms with Gasteiger partial charge in [0.25, 0.3) is 0 Å². The number of nitrogens with zero attached hydrogens (tertiary/aromatic N) is 3. The largest absolute Gasteiger partial charge is 0.351 e. The van der Waals surface area contributed by atoms with E-state index in [9.17, 15) is 4.39 Å². The molecule has 0 aliphatic heterocycles. The lowest BCUT2D eigenvalue weighted by atomic mass is 10.0. The van der Waals surface area contributed by atoms with Crippen LogP contribution in [-0.2, 0) is 0 Å². The fraction of sp³-hybridized carbons (Fsp3) is 0.211. The summed E-state index contributed by atoms with van der Waals surface area (Å²) in [5.41, 5.74) is 2.45. The predicted octanol–water partition coefficient (Wildman–Crippen LogP) is 4.33. The third kappa shape index (κ3) is 3.15. The number of aromatic nitrogens is 4. The molecular weight excluding hydrogens is 317 g/mol. The van der Waals surface area contributed by atoms with Gasteiger partial charge >= 0.3 is 0 Å². The SMILES string of the molecule is CC(C)(F)CNc1ncc2c(-c3ccc4ncccc4c3)c[nH]c2n1. The van der Waals surface area contributed by atoms with Gasteiger partial charge in [0.2, 0.25) is 5.95 Å². The number of hydrogen-bond acceptors (Lipinski definition) is 4. The summed E-state index contributed by atoms with van der Waals surface area (Å²) in [6.07, 6.45) is 5.46. The molecule has 0 atom stereocenters. The second kappa shape index (κ2) is 5.81.